The van der Waals surface area contributed by atoms with Crippen LogP contribution in [-0.2, 0) is 11.3 Å². The molecule has 5 heteroatoms. The molecule has 1 aliphatic heterocycles. The van der Waals surface area contributed by atoms with Crippen molar-refractivity contribution in [3.63, 3.8) is 0 Å². The normalized spacial score (nSPS) is 15.0. The summed E-state index contributed by atoms with van der Waals surface area (Å²) in [5.41, 5.74) is 1.61. The highest BCUT2D eigenvalue weighted by atomic mass is 16.5. The van der Waals surface area contributed by atoms with Crippen LogP contribution < -0.4 is 10.1 Å². The highest BCUT2D eigenvalue weighted by molar-refractivity contribution is 5.99. The zero-order valence-electron chi connectivity index (χ0n) is 12.6. The van der Waals surface area contributed by atoms with Gasteiger partial charge in [0.15, 0.2) is 0 Å². The van der Waals surface area contributed by atoms with E-state index in [2.05, 4.69) is 5.32 Å². The lowest BCUT2D eigenvalue weighted by molar-refractivity contribution is -0.112. The maximum atomic E-state index is 12.4. The molecule has 5 nitrogen and oxygen atoms in total. The third-order valence-corrected chi connectivity index (χ3v) is 3.67. The minimum Gasteiger partial charge on any atom is -0.492 e. The van der Waals surface area contributed by atoms with Gasteiger partial charge in [-0.25, -0.2) is 0 Å². The SMILES string of the molecule is CCCC(C=O)N1Cc2cc(OCCNC)ccc2C1=O. The summed E-state index contributed by atoms with van der Waals surface area (Å²) in [6.07, 6.45) is 2.45. The second-order valence-corrected chi connectivity index (χ2v) is 5.20. The van der Waals surface area contributed by atoms with Crippen molar-refractivity contribution in [1.29, 1.82) is 0 Å². The molecule has 0 fully saturated rings. The van der Waals surface area contributed by atoms with Gasteiger partial charge in [0, 0.05) is 18.7 Å². The number of ether oxygens (including phenoxy) is 1. The average Bonchev–Trinajstić information content (AvgIpc) is 2.82. The van der Waals surface area contributed by atoms with Crippen molar-refractivity contribution in [2.45, 2.75) is 32.4 Å². The van der Waals surface area contributed by atoms with Gasteiger partial charge in [-0.3, -0.25) is 4.79 Å². The van der Waals surface area contributed by atoms with Crippen LogP contribution in [0.5, 0.6) is 5.75 Å². The molecule has 0 bridgehead atoms. The topological polar surface area (TPSA) is 58.6 Å². The largest absolute Gasteiger partial charge is 0.492 e. The second-order valence-electron chi connectivity index (χ2n) is 5.20. The number of nitrogens with one attached hydrogen (secondary N) is 1. The van der Waals surface area contributed by atoms with Gasteiger partial charge in [0.1, 0.15) is 18.6 Å². The van der Waals surface area contributed by atoms with Gasteiger partial charge < -0.3 is 19.7 Å². The molecule has 1 aromatic carbocycles. The van der Waals surface area contributed by atoms with E-state index in [1.165, 1.54) is 0 Å². The fourth-order valence-electron chi connectivity index (χ4n) is 2.54. The number of likely N-dealkylation sites (N-methyl/N-ethyl adjacent to an activating group) is 1. The third kappa shape index (κ3) is 3.42. The number of amides is 1. The minimum atomic E-state index is -0.330. The maximum Gasteiger partial charge on any atom is 0.255 e. The fraction of sp³-hybridized carbons (Fsp3) is 0.500. The number of carbonyl (C=O) groups is 2. The lowest BCUT2D eigenvalue weighted by atomic mass is 10.1. The summed E-state index contributed by atoms with van der Waals surface area (Å²) in [4.78, 5) is 25.2. The molecule has 0 spiro atoms. The summed E-state index contributed by atoms with van der Waals surface area (Å²) in [6.45, 7) is 3.85. The quantitative estimate of drug-likeness (QED) is 0.584. The van der Waals surface area contributed by atoms with E-state index >= 15 is 0 Å². The van der Waals surface area contributed by atoms with Gasteiger partial charge in [-0.15, -0.1) is 0 Å². The van der Waals surface area contributed by atoms with Crippen LogP contribution in [0.15, 0.2) is 18.2 Å². The predicted octanol–water partition coefficient (Wildman–Crippen LogP) is 1.61. The molecule has 2 rings (SSSR count). The summed E-state index contributed by atoms with van der Waals surface area (Å²) in [5, 5.41) is 3.01. The molecule has 1 amide bonds. The molecule has 0 saturated carbocycles. The molecule has 0 saturated heterocycles. The first kappa shape index (κ1) is 15.5. The van der Waals surface area contributed by atoms with E-state index in [1.54, 1.807) is 11.0 Å². The van der Waals surface area contributed by atoms with Gasteiger partial charge in [0.05, 0.1) is 6.04 Å². The van der Waals surface area contributed by atoms with Crippen molar-refractivity contribution in [1.82, 2.24) is 10.2 Å². The summed E-state index contributed by atoms with van der Waals surface area (Å²) in [7, 11) is 1.87. The highest BCUT2D eigenvalue weighted by Gasteiger charge is 2.32. The molecular weight excluding hydrogens is 268 g/mol. The molecule has 1 heterocycles. The van der Waals surface area contributed by atoms with Crippen LogP contribution in [0, 0.1) is 0 Å². The third-order valence-electron chi connectivity index (χ3n) is 3.67. The van der Waals surface area contributed by atoms with E-state index in [4.69, 9.17) is 4.74 Å². The molecule has 0 aromatic heterocycles. The Balaban J connectivity index is 2.11. The van der Waals surface area contributed by atoms with Crippen molar-refractivity contribution in [3.8, 4) is 5.75 Å². The Morgan fingerprint density at radius 2 is 2.29 bits per heavy atom. The molecule has 0 aliphatic carbocycles. The smallest absolute Gasteiger partial charge is 0.255 e. The van der Waals surface area contributed by atoms with E-state index < -0.39 is 0 Å². The highest BCUT2D eigenvalue weighted by Crippen LogP contribution is 2.28. The Bertz CT molecular complexity index is 516. The first-order valence-electron chi connectivity index (χ1n) is 7.37. The van der Waals surface area contributed by atoms with Crippen LogP contribution in [0.25, 0.3) is 0 Å². The van der Waals surface area contributed by atoms with E-state index in [1.807, 2.05) is 26.1 Å². The molecule has 1 N–H and O–H groups in total. The zero-order chi connectivity index (χ0) is 15.2. The molecule has 1 unspecified atom stereocenters. The Kier molecular flexibility index (Phi) is 5.33. The van der Waals surface area contributed by atoms with Crippen LogP contribution in [0.3, 0.4) is 0 Å². The number of aldehydes is 1. The molecule has 1 aliphatic rings. The second kappa shape index (κ2) is 7.22. The van der Waals surface area contributed by atoms with Crippen LogP contribution in [0.4, 0.5) is 0 Å². The standard InChI is InChI=1S/C16H22N2O3/c1-3-4-13(11-19)18-10-12-9-14(21-8-7-17-2)5-6-15(12)16(18)20/h5-6,9,11,13,17H,3-4,7-8,10H2,1-2H3. The van der Waals surface area contributed by atoms with E-state index in [0.29, 0.717) is 25.1 Å². The van der Waals surface area contributed by atoms with Crippen LogP contribution in [-0.4, -0.2) is 43.3 Å². The van der Waals surface area contributed by atoms with Crippen LogP contribution in [0.1, 0.15) is 35.7 Å². The number of benzene rings is 1. The maximum absolute atomic E-state index is 12.4. The van der Waals surface area contributed by atoms with Gasteiger partial charge in [-0.2, -0.15) is 0 Å². The number of hydrogen-bond donors (Lipinski definition) is 1. The predicted molar refractivity (Wildman–Crippen MR) is 80.5 cm³/mol. The van der Waals surface area contributed by atoms with Gasteiger partial charge in [-0.05, 0) is 37.2 Å². The first-order valence-corrected chi connectivity index (χ1v) is 7.37. The molecule has 1 atom stereocenters. The van der Waals surface area contributed by atoms with Crippen molar-refractivity contribution in [2.24, 2.45) is 0 Å². The lowest BCUT2D eigenvalue weighted by Crippen LogP contribution is -2.36. The van der Waals surface area contributed by atoms with Crippen LogP contribution in [0.2, 0.25) is 0 Å². The fourth-order valence-corrected chi connectivity index (χ4v) is 2.54. The number of nitrogens with zero attached hydrogens (tertiary/aromatic N) is 1. The van der Waals surface area contributed by atoms with Gasteiger partial charge >= 0.3 is 0 Å². The molecule has 21 heavy (non-hydrogen) atoms. The molecular formula is C16H22N2O3. The number of fused-ring (bicyclic) bond motifs is 1. The average molecular weight is 290 g/mol. The van der Waals surface area contributed by atoms with Crippen molar-refractivity contribution in [2.75, 3.05) is 20.2 Å². The number of rotatable bonds is 8. The Morgan fingerprint density at radius 3 is 2.95 bits per heavy atom. The molecule has 1 aromatic rings. The monoisotopic (exact) mass is 290 g/mol. The summed E-state index contributed by atoms with van der Waals surface area (Å²) < 4.78 is 5.61. The van der Waals surface area contributed by atoms with Gasteiger partial charge in [-0.1, -0.05) is 13.3 Å². The number of carbonyl (C=O) groups excluding carboxylic acids is 2. The number of hydrogen-bond acceptors (Lipinski definition) is 4. The summed E-state index contributed by atoms with van der Waals surface area (Å²) in [5.74, 6) is 0.703. The van der Waals surface area contributed by atoms with Gasteiger partial charge in [0.2, 0.25) is 0 Å². The minimum absolute atomic E-state index is 0.0580. The van der Waals surface area contributed by atoms with E-state index in [-0.39, 0.29) is 11.9 Å². The lowest BCUT2D eigenvalue weighted by Gasteiger charge is -2.22. The zero-order valence-corrected chi connectivity index (χ0v) is 12.6. The van der Waals surface area contributed by atoms with E-state index in [0.717, 1.165) is 30.6 Å². The summed E-state index contributed by atoms with van der Waals surface area (Å²) in [6, 6.07) is 5.17. The van der Waals surface area contributed by atoms with E-state index in [9.17, 15) is 9.59 Å². The summed E-state index contributed by atoms with van der Waals surface area (Å²) >= 11 is 0. The Hall–Kier alpha value is -1.88. The Labute approximate surface area is 125 Å². The van der Waals surface area contributed by atoms with Crippen molar-refractivity contribution in [3.05, 3.63) is 29.3 Å². The first-order chi connectivity index (χ1) is 10.2. The van der Waals surface area contributed by atoms with Crippen molar-refractivity contribution >= 4 is 12.2 Å². The van der Waals surface area contributed by atoms with Crippen molar-refractivity contribution < 1.29 is 14.3 Å². The van der Waals surface area contributed by atoms with Crippen LogP contribution >= 0.6 is 0 Å². The van der Waals surface area contributed by atoms with Gasteiger partial charge in [0.25, 0.3) is 5.91 Å². The Morgan fingerprint density at radius 1 is 1.48 bits per heavy atom. The molecule has 0 radical (unpaired) electrons. The molecule has 114 valence electrons.